The maximum absolute atomic E-state index is 12.5. The summed E-state index contributed by atoms with van der Waals surface area (Å²) in [6.45, 7) is 6.36. The van der Waals surface area contributed by atoms with Gasteiger partial charge in [0.2, 0.25) is 5.75 Å². The van der Waals surface area contributed by atoms with E-state index in [1.165, 1.54) is 22.8 Å². The first-order valence-electron chi connectivity index (χ1n) is 8.16. The Hall–Kier alpha value is -2.83. The number of rotatable bonds is 7. The second-order valence-corrected chi connectivity index (χ2v) is 6.04. The highest BCUT2D eigenvalue weighted by Crippen LogP contribution is 2.34. The van der Waals surface area contributed by atoms with Crippen molar-refractivity contribution in [1.29, 1.82) is 0 Å². The predicted octanol–water partition coefficient (Wildman–Crippen LogP) is 3.76. The number of non-ortho nitro benzene ring substituents is 1. The van der Waals surface area contributed by atoms with Crippen LogP contribution in [0.15, 0.2) is 34.6 Å². The highest BCUT2D eigenvalue weighted by atomic mass is 16.6. The topological polar surface area (TPSA) is 94.6 Å². The fourth-order valence-corrected chi connectivity index (χ4v) is 2.49. The van der Waals surface area contributed by atoms with Crippen molar-refractivity contribution in [1.82, 2.24) is 4.57 Å². The van der Waals surface area contributed by atoms with Crippen LogP contribution < -0.4 is 10.3 Å². The number of pyridine rings is 1. The van der Waals surface area contributed by atoms with E-state index in [0.717, 1.165) is 18.4 Å². The van der Waals surface area contributed by atoms with Gasteiger partial charge in [-0.1, -0.05) is 18.9 Å². The van der Waals surface area contributed by atoms with Gasteiger partial charge in [-0.3, -0.25) is 14.9 Å². The number of nitro groups is 1. The summed E-state index contributed by atoms with van der Waals surface area (Å²) < 4.78 is 6.96. The molecule has 0 bridgehead atoms. The third-order valence-electron chi connectivity index (χ3n) is 3.84. The Kier molecular flexibility index (Phi) is 5.80. The summed E-state index contributed by atoms with van der Waals surface area (Å²) in [7, 11) is 0. The number of fused-ring (bicyclic) bond motifs is 1. The molecular weight excluding hydrogens is 324 g/mol. The number of allylic oxidation sites excluding steroid dienone is 1. The molecule has 0 radical (unpaired) electrons. The standard InChI is InChI=1S/C18H22N2O5/c1-4-5-9-19-15-11-13(20(23)24)6-7-14(15)17(16(21)18(19)22)25-10-8-12(2)3/h6-8,11,21H,4-5,9-10H2,1-3H3. The SMILES string of the molecule is CCCCn1c(=O)c(O)c(OCC=C(C)C)c2ccc([N+](=O)[O-])cc21. The molecule has 1 aromatic heterocycles. The van der Waals surface area contributed by atoms with Crippen LogP contribution in [0.3, 0.4) is 0 Å². The molecule has 0 amide bonds. The molecule has 0 aliphatic heterocycles. The third-order valence-corrected chi connectivity index (χ3v) is 3.84. The molecule has 25 heavy (non-hydrogen) atoms. The molecule has 0 saturated carbocycles. The predicted molar refractivity (Wildman–Crippen MR) is 96.4 cm³/mol. The molecule has 0 fully saturated rings. The van der Waals surface area contributed by atoms with Crippen LogP contribution >= 0.6 is 0 Å². The zero-order valence-electron chi connectivity index (χ0n) is 14.6. The second kappa shape index (κ2) is 7.83. The van der Waals surface area contributed by atoms with Crippen molar-refractivity contribution in [2.24, 2.45) is 0 Å². The Morgan fingerprint density at radius 1 is 1.40 bits per heavy atom. The summed E-state index contributed by atoms with van der Waals surface area (Å²) in [5.41, 5.74) is 0.708. The van der Waals surface area contributed by atoms with Gasteiger partial charge < -0.3 is 14.4 Å². The molecule has 134 valence electrons. The van der Waals surface area contributed by atoms with Gasteiger partial charge in [0.1, 0.15) is 6.61 Å². The lowest BCUT2D eigenvalue weighted by Gasteiger charge is -2.15. The van der Waals surface area contributed by atoms with Crippen molar-refractivity contribution in [3.63, 3.8) is 0 Å². The Bertz CT molecular complexity index is 879. The average Bonchev–Trinajstić information content (AvgIpc) is 2.57. The zero-order valence-corrected chi connectivity index (χ0v) is 14.6. The summed E-state index contributed by atoms with van der Waals surface area (Å²) in [6.07, 6.45) is 3.39. The minimum absolute atomic E-state index is 0.0557. The number of benzene rings is 1. The van der Waals surface area contributed by atoms with E-state index >= 15 is 0 Å². The lowest BCUT2D eigenvalue weighted by molar-refractivity contribution is -0.384. The van der Waals surface area contributed by atoms with E-state index in [-0.39, 0.29) is 18.0 Å². The van der Waals surface area contributed by atoms with Gasteiger partial charge in [0.25, 0.3) is 11.2 Å². The molecule has 2 rings (SSSR count). The smallest absolute Gasteiger partial charge is 0.297 e. The molecule has 1 heterocycles. The number of nitro benzene ring substituents is 1. The molecule has 0 spiro atoms. The van der Waals surface area contributed by atoms with Gasteiger partial charge in [-0.25, -0.2) is 0 Å². The lowest BCUT2D eigenvalue weighted by Crippen LogP contribution is -2.21. The van der Waals surface area contributed by atoms with Gasteiger partial charge in [-0.15, -0.1) is 0 Å². The molecule has 0 atom stereocenters. The van der Waals surface area contributed by atoms with E-state index in [1.54, 1.807) is 0 Å². The number of aromatic hydroxyl groups is 1. The molecular formula is C18H22N2O5. The van der Waals surface area contributed by atoms with Crippen molar-refractivity contribution in [2.45, 2.75) is 40.2 Å². The van der Waals surface area contributed by atoms with Crippen molar-refractivity contribution in [2.75, 3.05) is 6.61 Å². The summed E-state index contributed by atoms with van der Waals surface area (Å²) in [5, 5.41) is 21.9. The van der Waals surface area contributed by atoms with Gasteiger partial charge in [0.05, 0.1) is 10.4 Å². The molecule has 1 aromatic carbocycles. The minimum atomic E-state index is -0.603. The summed E-state index contributed by atoms with van der Waals surface area (Å²) in [5.74, 6) is -0.417. The quantitative estimate of drug-likeness (QED) is 0.468. The average molecular weight is 346 g/mol. The van der Waals surface area contributed by atoms with Gasteiger partial charge in [0, 0.05) is 24.1 Å². The fourth-order valence-electron chi connectivity index (χ4n) is 2.49. The summed E-state index contributed by atoms with van der Waals surface area (Å²) in [6, 6.07) is 4.19. The molecule has 2 aromatic rings. The number of nitrogens with zero attached hydrogens (tertiary/aromatic N) is 2. The van der Waals surface area contributed by atoms with Crippen LogP contribution in [0, 0.1) is 10.1 Å². The molecule has 0 unspecified atom stereocenters. The minimum Gasteiger partial charge on any atom is -0.500 e. The second-order valence-electron chi connectivity index (χ2n) is 6.04. The maximum Gasteiger partial charge on any atom is 0.297 e. The van der Waals surface area contributed by atoms with Crippen LogP contribution in [0.2, 0.25) is 0 Å². The Labute approximate surface area is 145 Å². The van der Waals surface area contributed by atoms with Crippen LogP contribution in [-0.4, -0.2) is 21.2 Å². The molecule has 0 aliphatic rings. The van der Waals surface area contributed by atoms with Gasteiger partial charge in [-0.2, -0.15) is 0 Å². The summed E-state index contributed by atoms with van der Waals surface area (Å²) >= 11 is 0. The molecule has 0 aliphatic carbocycles. The number of hydrogen-bond acceptors (Lipinski definition) is 5. The molecule has 7 nitrogen and oxygen atoms in total. The van der Waals surface area contributed by atoms with E-state index in [4.69, 9.17) is 4.74 Å². The van der Waals surface area contributed by atoms with Crippen LogP contribution in [0.1, 0.15) is 33.6 Å². The van der Waals surface area contributed by atoms with Crippen molar-refractivity contribution >= 4 is 16.6 Å². The van der Waals surface area contributed by atoms with E-state index in [9.17, 15) is 20.0 Å². The maximum atomic E-state index is 12.5. The summed E-state index contributed by atoms with van der Waals surface area (Å²) in [4.78, 5) is 23.1. The molecule has 0 saturated heterocycles. The first-order chi connectivity index (χ1) is 11.9. The van der Waals surface area contributed by atoms with Crippen LogP contribution in [-0.2, 0) is 6.54 Å². The van der Waals surface area contributed by atoms with E-state index < -0.39 is 16.2 Å². The van der Waals surface area contributed by atoms with Crippen LogP contribution in [0.25, 0.3) is 10.9 Å². The highest BCUT2D eigenvalue weighted by Gasteiger charge is 2.19. The number of aromatic nitrogens is 1. The highest BCUT2D eigenvalue weighted by molar-refractivity contribution is 5.89. The molecule has 1 N–H and O–H groups in total. The third kappa shape index (κ3) is 3.99. The van der Waals surface area contributed by atoms with Crippen LogP contribution in [0.4, 0.5) is 5.69 Å². The first kappa shape index (κ1) is 18.5. The van der Waals surface area contributed by atoms with Gasteiger partial charge in [-0.05, 0) is 32.4 Å². The fraction of sp³-hybridized carbons (Fsp3) is 0.389. The van der Waals surface area contributed by atoms with E-state index in [0.29, 0.717) is 17.4 Å². The van der Waals surface area contributed by atoms with Crippen molar-refractivity contribution < 1.29 is 14.8 Å². The van der Waals surface area contributed by atoms with E-state index in [2.05, 4.69) is 0 Å². The van der Waals surface area contributed by atoms with Crippen molar-refractivity contribution in [3.8, 4) is 11.5 Å². The van der Waals surface area contributed by atoms with Gasteiger partial charge in [0.15, 0.2) is 5.75 Å². The lowest BCUT2D eigenvalue weighted by atomic mass is 10.1. The Balaban J connectivity index is 2.69. The number of unbranched alkanes of at least 4 members (excludes halogenated alkanes) is 1. The Morgan fingerprint density at radius 2 is 2.12 bits per heavy atom. The number of aryl methyl sites for hydroxylation is 1. The number of hydrogen-bond donors (Lipinski definition) is 1. The number of ether oxygens (including phenoxy) is 1. The first-order valence-corrected chi connectivity index (χ1v) is 8.16. The van der Waals surface area contributed by atoms with Crippen molar-refractivity contribution in [3.05, 3.63) is 50.3 Å². The normalized spacial score (nSPS) is 10.7. The largest absolute Gasteiger partial charge is 0.500 e. The van der Waals surface area contributed by atoms with Crippen LogP contribution in [0.5, 0.6) is 11.5 Å². The van der Waals surface area contributed by atoms with Gasteiger partial charge >= 0.3 is 0 Å². The molecule has 7 heteroatoms. The van der Waals surface area contributed by atoms with E-state index in [1.807, 2.05) is 26.8 Å². The monoisotopic (exact) mass is 346 g/mol. The zero-order chi connectivity index (χ0) is 18.6. The Morgan fingerprint density at radius 3 is 2.72 bits per heavy atom.